The molecular formula is C21H26N4O3S. The molecule has 0 N–H and O–H groups in total. The van der Waals surface area contributed by atoms with Gasteiger partial charge in [0.1, 0.15) is 11.9 Å². The fourth-order valence-electron chi connectivity index (χ4n) is 4.07. The van der Waals surface area contributed by atoms with Crippen molar-refractivity contribution in [2.75, 3.05) is 37.6 Å². The van der Waals surface area contributed by atoms with Crippen LogP contribution >= 0.6 is 0 Å². The summed E-state index contributed by atoms with van der Waals surface area (Å²) >= 11 is 0. The summed E-state index contributed by atoms with van der Waals surface area (Å²) in [6.07, 6.45) is 3.99. The number of rotatable bonds is 4. The number of piperidine rings is 1. The van der Waals surface area contributed by atoms with E-state index >= 15 is 0 Å². The Balaban J connectivity index is 1.47. The number of hydrogen-bond acceptors (Lipinski definition) is 5. The van der Waals surface area contributed by atoms with E-state index in [0.717, 1.165) is 18.7 Å². The second-order valence-corrected chi connectivity index (χ2v) is 9.33. The lowest BCUT2D eigenvalue weighted by Gasteiger charge is -2.40. The third-order valence-electron chi connectivity index (χ3n) is 5.65. The van der Waals surface area contributed by atoms with Crippen molar-refractivity contribution in [1.29, 1.82) is 0 Å². The van der Waals surface area contributed by atoms with Crippen LogP contribution in [0.2, 0.25) is 0 Å². The van der Waals surface area contributed by atoms with Crippen LogP contribution in [0.1, 0.15) is 19.3 Å². The number of pyridine rings is 1. The lowest BCUT2D eigenvalue weighted by molar-refractivity contribution is -0.136. The number of benzene rings is 1. The summed E-state index contributed by atoms with van der Waals surface area (Å²) in [6, 6.07) is 13.6. The topological polar surface area (TPSA) is 73.8 Å². The van der Waals surface area contributed by atoms with E-state index in [0.29, 0.717) is 39.1 Å². The first kappa shape index (κ1) is 19.8. The van der Waals surface area contributed by atoms with Gasteiger partial charge in [-0.2, -0.15) is 4.31 Å². The quantitative estimate of drug-likeness (QED) is 0.765. The van der Waals surface area contributed by atoms with Crippen molar-refractivity contribution >= 4 is 21.7 Å². The van der Waals surface area contributed by atoms with E-state index in [4.69, 9.17) is 0 Å². The van der Waals surface area contributed by atoms with E-state index in [1.54, 1.807) is 36.5 Å². The third kappa shape index (κ3) is 4.13. The van der Waals surface area contributed by atoms with Gasteiger partial charge in [-0.25, -0.2) is 13.4 Å². The van der Waals surface area contributed by atoms with Crippen molar-refractivity contribution in [2.24, 2.45) is 0 Å². The molecule has 0 aliphatic carbocycles. The van der Waals surface area contributed by atoms with Crippen molar-refractivity contribution in [3.63, 3.8) is 0 Å². The first-order valence-electron chi connectivity index (χ1n) is 10.1. The van der Waals surface area contributed by atoms with Crippen LogP contribution in [0, 0.1) is 0 Å². The normalized spacial score (nSPS) is 21.2. The standard InChI is InChI=1S/C21H26N4O3S/c26-21(24-16-14-23(15-17-24)20-11-4-6-12-22-20)19-10-5-7-13-25(19)29(27,28)18-8-2-1-3-9-18/h1-4,6,8-9,11-12,19H,5,7,10,13-17H2. The number of aromatic nitrogens is 1. The highest BCUT2D eigenvalue weighted by atomic mass is 32.2. The van der Waals surface area contributed by atoms with E-state index in [1.807, 2.05) is 23.1 Å². The molecule has 0 bridgehead atoms. The Morgan fingerprint density at radius 3 is 2.31 bits per heavy atom. The number of carbonyl (C=O) groups excluding carboxylic acids is 1. The summed E-state index contributed by atoms with van der Waals surface area (Å²) < 4.78 is 27.7. The minimum absolute atomic E-state index is 0.0788. The minimum Gasteiger partial charge on any atom is -0.353 e. The highest BCUT2D eigenvalue weighted by Gasteiger charge is 2.40. The molecule has 8 heteroatoms. The molecule has 3 heterocycles. The second kappa shape index (κ2) is 8.51. The van der Waals surface area contributed by atoms with Crippen LogP contribution in [0.3, 0.4) is 0 Å². The van der Waals surface area contributed by atoms with Gasteiger partial charge in [-0.05, 0) is 37.1 Å². The molecule has 2 saturated heterocycles. The van der Waals surface area contributed by atoms with Crippen LogP contribution in [-0.2, 0) is 14.8 Å². The van der Waals surface area contributed by atoms with Crippen molar-refractivity contribution in [2.45, 2.75) is 30.2 Å². The van der Waals surface area contributed by atoms with Gasteiger partial charge in [-0.1, -0.05) is 30.7 Å². The van der Waals surface area contributed by atoms with Gasteiger partial charge in [0.15, 0.2) is 0 Å². The fourth-order valence-corrected chi connectivity index (χ4v) is 5.75. The number of piperazine rings is 1. The Morgan fingerprint density at radius 1 is 0.897 bits per heavy atom. The van der Waals surface area contributed by atoms with Crippen LogP contribution in [0.25, 0.3) is 0 Å². The maximum Gasteiger partial charge on any atom is 0.243 e. The number of nitrogens with zero attached hydrogens (tertiary/aromatic N) is 4. The minimum atomic E-state index is -3.68. The molecule has 154 valence electrons. The lowest BCUT2D eigenvalue weighted by atomic mass is 10.0. The number of anilines is 1. The number of sulfonamides is 1. The molecule has 0 saturated carbocycles. The van der Waals surface area contributed by atoms with E-state index in [-0.39, 0.29) is 10.8 Å². The van der Waals surface area contributed by atoms with Gasteiger partial charge < -0.3 is 9.80 Å². The van der Waals surface area contributed by atoms with Crippen molar-refractivity contribution in [1.82, 2.24) is 14.2 Å². The SMILES string of the molecule is O=C(C1CCCCN1S(=O)(=O)c1ccccc1)N1CCN(c2ccccn2)CC1. The molecule has 2 aliphatic heterocycles. The highest BCUT2D eigenvalue weighted by Crippen LogP contribution is 2.27. The van der Waals surface area contributed by atoms with Crippen LogP contribution in [0.15, 0.2) is 59.6 Å². The molecule has 1 amide bonds. The zero-order valence-electron chi connectivity index (χ0n) is 16.4. The first-order valence-corrected chi connectivity index (χ1v) is 11.5. The Bertz CT molecular complexity index is 929. The van der Waals surface area contributed by atoms with Crippen molar-refractivity contribution in [3.05, 3.63) is 54.7 Å². The second-order valence-electron chi connectivity index (χ2n) is 7.44. The molecule has 2 aliphatic rings. The first-order chi connectivity index (χ1) is 14.1. The van der Waals surface area contributed by atoms with Gasteiger partial charge >= 0.3 is 0 Å². The van der Waals surface area contributed by atoms with Gasteiger partial charge in [-0.15, -0.1) is 0 Å². The van der Waals surface area contributed by atoms with Crippen molar-refractivity contribution in [3.8, 4) is 0 Å². The van der Waals surface area contributed by atoms with E-state index in [2.05, 4.69) is 9.88 Å². The summed E-state index contributed by atoms with van der Waals surface area (Å²) in [5.74, 6) is 0.829. The van der Waals surface area contributed by atoms with E-state index < -0.39 is 16.1 Å². The molecule has 0 radical (unpaired) electrons. The Kier molecular flexibility index (Phi) is 5.82. The molecular weight excluding hydrogens is 388 g/mol. The summed E-state index contributed by atoms with van der Waals surface area (Å²) in [5.41, 5.74) is 0. The van der Waals surface area contributed by atoms with Crippen LogP contribution < -0.4 is 4.90 Å². The Morgan fingerprint density at radius 2 is 1.62 bits per heavy atom. The number of carbonyl (C=O) groups is 1. The lowest BCUT2D eigenvalue weighted by Crippen LogP contribution is -2.57. The number of amides is 1. The van der Waals surface area contributed by atoms with Gasteiger partial charge in [0, 0.05) is 38.9 Å². The summed E-state index contributed by atoms with van der Waals surface area (Å²) in [4.78, 5) is 21.9. The molecule has 1 aromatic heterocycles. The Hall–Kier alpha value is -2.45. The number of hydrogen-bond donors (Lipinski definition) is 0. The predicted molar refractivity (Wildman–Crippen MR) is 111 cm³/mol. The van der Waals surface area contributed by atoms with Crippen molar-refractivity contribution < 1.29 is 13.2 Å². The molecule has 29 heavy (non-hydrogen) atoms. The predicted octanol–water partition coefficient (Wildman–Crippen LogP) is 1.97. The molecule has 4 rings (SSSR count). The Labute approximate surface area is 172 Å². The van der Waals surface area contributed by atoms with Gasteiger partial charge in [0.25, 0.3) is 0 Å². The molecule has 2 aromatic rings. The van der Waals surface area contributed by atoms with Crippen LogP contribution in [0.4, 0.5) is 5.82 Å². The average molecular weight is 415 g/mol. The van der Waals surface area contributed by atoms with Gasteiger partial charge in [0.05, 0.1) is 4.90 Å². The van der Waals surface area contributed by atoms with E-state index in [9.17, 15) is 13.2 Å². The maximum absolute atomic E-state index is 13.3. The molecule has 1 unspecified atom stereocenters. The zero-order valence-corrected chi connectivity index (χ0v) is 17.2. The molecule has 1 atom stereocenters. The third-order valence-corrected chi connectivity index (χ3v) is 7.58. The van der Waals surface area contributed by atoms with Gasteiger partial charge in [-0.3, -0.25) is 4.79 Å². The van der Waals surface area contributed by atoms with E-state index in [1.165, 1.54) is 4.31 Å². The summed E-state index contributed by atoms with van der Waals surface area (Å²) in [6.45, 7) is 2.93. The fraction of sp³-hybridized carbons (Fsp3) is 0.429. The monoisotopic (exact) mass is 414 g/mol. The van der Waals surface area contributed by atoms with Crippen LogP contribution in [0.5, 0.6) is 0 Å². The molecule has 0 spiro atoms. The smallest absolute Gasteiger partial charge is 0.243 e. The maximum atomic E-state index is 13.3. The molecule has 2 fully saturated rings. The summed E-state index contributed by atoms with van der Waals surface area (Å²) in [5, 5.41) is 0. The van der Waals surface area contributed by atoms with Gasteiger partial charge in [0.2, 0.25) is 15.9 Å². The van der Waals surface area contributed by atoms with Crippen LogP contribution in [-0.4, -0.2) is 67.3 Å². The average Bonchev–Trinajstić information content (AvgIpc) is 2.80. The highest BCUT2D eigenvalue weighted by molar-refractivity contribution is 7.89. The molecule has 7 nitrogen and oxygen atoms in total. The largest absolute Gasteiger partial charge is 0.353 e. The zero-order chi connectivity index (χ0) is 20.3. The molecule has 1 aromatic carbocycles. The summed E-state index contributed by atoms with van der Waals surface area (Å²) in [7, 11) is -3.68.